The van der Waals surface area contributed by atoms with Gasteiger partial charge in [-0.15, -0.1) is 5.92 Å². The lowest BCUT2D eigenvalue weighted by atomic mass is 9.95. The monoisotopic (exact) mass is 390 g/mol. The van der Waals surface area contributed by atoms with E-state index in [1.807, 2.05) is 0 Å². The minimum atomic E-state index is -1.06. The molecular formula is C19H13Cl2FN2O2. The second kappa shape index (κ2) is 7.45. The third-order valence-electron chi connectivity index (χ3n) is 4.01. The number of hydrogen-bond acceptors (Lipinski definition) is 3. The number of carbonyl (C=O) groups excluding carboxylic acids is 2. The van der Waals surface area contributed by atoms with E-state index < -0.39 is 17.6 Å². The smallest absolute Gasteiger partial charge is 0.238 e. The molecule has 0 aliphatic carbocycles. The summed E-state index contributed by atoms with van der Waals surface area (Å²) in [6, 6.07) is 5.90. The van der Waals surface area contributed by atoms with E-state index in [1.165, 1.54) is 17.0 Å². The Kier molecular flexibility index (Phi) is 5.26. The van der Waals surface area contributed by atoms with Crippen molar-refractivity contribution in [3.8, 4) is 11.8 Å². The number of halogens is 3. The number of amides is 1. The van der Waals surface area contributed by atoms with Crippen molar-refractivity contribution in [1.82, 2.24) is 9.88 Å². The highest BCUT2D eigenvalue weighted by atomic mass is 35.5. The number of Topliss-reactive ketones (excluding diaryl/α,β-unsaturated/α-hetero) is 1. The van der Waals surface area contributed by atoms with Crippen molar-refractivity contribution in [2.75, 3.05) is 6.54 Å². The predicted octanol–water partition coefficient (Wildman–Crippen LogP) is 3.59. The minimum Gasteiger partial charge on any atom is -0.329 e. The van der Waals surface area contributed by atoms with Gasteiger partial charge in [-0.3, -0.25) is 14.6 Å². The van der Waals surface area contributed by atoms with Crippen molar-refractivity contribution < 1.29 is 14.0 Å². The van der Waals surface area contributed by atoms with Crippen LogP contribution < -0.4 is 0 Å². The van der Waals surface area contributed by atoms with Gasteiger partial charge in [0, 0.05) is 21.2 Å². The van der Waals surface area contributed by atoms with Crippen LogP contribution in [0.4, 0.5) is 4.39 Å². The Morgan fingerprint density at radius 3 is 2.54 bits per heavy atom. The summed E-state index contributed by atoms with van der Waals surface area (Å²) in [7, 11) is 0. The molecule has 0 N–H and O–H groups in total. The Hall–Kier alpha value is -2.42. The van der Waals surface area contributed by atoms with Crippen LogP contribution >= 0.6 is 23.2 Å². The maximum Gasteiger partial charge on any atom is 0.238 e. The van der Waals surface area contributed by atoms with Crippen LogP contribution in [0.5, 0.6) is 0 Å². The first kappa shape index (κ1) is 18.4. The normalized spacial score (nSPS) is 16.6. The van der Waals surface area contributed by atoms with Gasteiger partial charge >= 0.3 is 0 Å². The Bertz CT molecular complexity index is 925. The highest BCUT2D eigenvalue weighted by Crippen LogP contribution is 2.37. The zero-order valence-corrected chi connectivity index (χ0v) is 15.2. The Labute approximate surface area is 159 Å². The molecule has 1 fully saturated rings. The molecule has 0 radical (unpaired) electrons. The fourth-order valence-electron chi connectivity index (χ4n) is 2.87. The minimum absolute atomic E-state index is 0.0776. The van der Waals surface area contributed by atoms with Crippen molar-refractivity contribution in [2.45, 2.75) is 19.4 Å². The molecule has 1 aromatic heterocycles. The van der Waals surface area contributed by atoms with Crippen LogP contribution in [0.2, 0.25) is 10.0 Å². The quantitative estimate of drug-likeness (QED) is 0.594. The van der Waals surface area contributed by atoms with Crippen LogP contribution in [0.15, 0.2) is 30.5 Å². The first-order valence-corrected chi connectivity index (χ1v) is 8.50. The van der Waals surface area contributed by atoms with Crippen LogP contribution in [-0.4, -0.2) is 28.1 Å². The van der Waals surface area contributed by atoms with E-state index >= 15 is 0 Å². The SMILES string of the molecule is CC#Cc1cc(Cl)c(C2C(=O)CN(Cc3ccc(F)cn3)C2=O)c(Cl)c1. The summed E-state index contributed by atoms with van der Waals surface area (Å²) < 4.78 is 13.0. The lowest BCUT2D eigenvalue weighted by molar-refractivity contribution is -0.129. The van der Waals surface area contributed by atoms with E-state index in [0.717, 1.165) is 6.20 Å². The molecule has 1 amide bonds. The van der Waals surface area contributed by atoms with Gasteiger partial charge in [-0.05, 0) is 31.2 Å². The predicted molar refractivity (Wildman–Crippen MR) is 96.4 cm³/mol. The van der Waals surface area contributed by atoms with Crippen LogP contribution in [0, 0.1) is 17.7 Å². The lowest BCUT2D eigenvalue weighted by Gasteiger charge is -2.16. The van der Waals surface area contributed by atoms with Gasteiger partial charge in [-0.1, -0.05) is 29.1 Å². The number of benzene rings is 1. The van der Waals surface area contributed by atoms with Crippen molar-refractivity contribution in [1.29, 1.82) is 0 Å². The average Bonchev–Trinajstić information content (AvgIpc) is 2.84. The zero-order valence-electron chi connectivity index (χ0n) is 13.7. The number of nitrogens with zero attached hydrogens (tertiary/aromatic N) is 2. The molecule has 0 bridgehead atoms. The van der Waals surface area contributed by atoms with Gasteiger partial charge in [0.05, 0.1) is 25.0 Å². The van der Waals surface area contributed by atoms with Crippen molar-refractivity contribution in [3.05, 3.63) is 63.1 Å². The van der Waals surface area contributed by atoms with Crippen molar-refractivity contribution in [3.63, 3.8) is 0 Å². The number of hydrogen-bond donors (Lipinski definition) is 0. The zero-order chi connectivity index (χ0) is 18.8. The molecule has 1 unspecified atom stereocenters. The van der Waals surface area contributed by atoms with Gasteiger partial charge in [0.2, 0.25) is 5.91 Å². The van der Waals surface area contributed by atoms with Gasteiger partial charge in [0.25, 0.3) is 0 Å². The molecule has 1 saturated heterocycles. The summed E-state index contributed by atoms with van der Waals surface area (Å²) in [4.78, 5) is 30.5. The second-order valence-electron chi connectivity index (χ2n) is 5.79. The van der Waals surface area contributed by atoms with Gasteiger partial charge in [-0.25, -0.2) is 4.39 Å². The second-order valence-corrected chi connectivity index (χ2v) is 6.60. The van der Waals surface area contributed by atoms with Crippen LogP contribution in [0.25, 0.3) is 0 Å². The number of pyridine rings is 1. The number of ketones is 1. The Morgan fingerprint density at radius 2 is 1.96 bits per heavy atom. The molecule has 1 aliphatic heterocycles. The number of likely N-dealkylation sites (tertiary alicyclic amines) is 1. The highest BCUT2D eigenvalue weighted by molar-refractivity contribution is 6.37. The standard InChI is InChI=1S/C19H13Cl2FN2O2/c1-2-3-11-6-14(20)17(15(21)7-11)18-16(25)10-24(19(18)26)9-13-5-4-12(22)8-23-13/h4-8,18H,9-10H2,1H3. The van der Waals surface area contributed by atoms with Crippen LogP contribution in [0.1, 0.15) is 29.7 Å². The molecule has 132 valence electrons. The average molecular weight is 391 g/mol. The maximum atomic E-state index is 13.0. The summed E-state index contributed by atoms with van der Waals surface area (Å²) in [5, 5.41) is 0.451. The van der Waals surface area contributed by atoms with E-state index in [1.54, 1.807) is 19.1 Å². The third kappa shape index (κ3) is 3.57. The van der Waals surface area contributed by atoms with E-state index in [4.69, 9.17) is 23.2 Å². The summed E-state index contributed by atoms with van der Waals surface area (Å²) >= 11 is 12.6. The van der Waals surface area contributed by atoms with E-state index in [9.17, 15) is 14.0 Å². The molecule has 0 spiro atoms. The fourth-order valence-corrected chi connectivity index (χ4v) is 3.57. The van der Waals surface area contributed by atoms with E-state index in [0.29, 0.717) is 16.8 Å². The maximum absolute atomic E-state index is 13.0. The molecule has 7 heteroatoms. The molecule has 1 aromatic carbocycles. The van der Waals surface area contributed by atoms with Gasteiger partial charge < -0.3 is 4.90 Å². The summed E-state index contributed by atoms with van der Waals surface area (Å²) in [5.41, 5.74) is 1.38. The highest BCUT2D eigenvalue weighted by Gasteiger charge is 2.42. The van der Waals surface area contributed by atoms with Gasteiger partial charge in [0.1, 0.15) is 11.7 Å². The molecule has 1 aliphatic rings. The number of aromatic nitrogens is 1. The van der Waals surface area contributed by atoms with E-state index in [2.05, 4.69) is 16.8 Å². The van der Waals surface area contributed by atoms with Gasteiger partial charge in [-0.2, -0.15) is 0 Å². The first-order chi connectivity index (χ1) is 12.4. The topological polar surface area (TPSA) is 50.3 Å². The molecule has 3 rings (SSSR count). The van der Waals surface area contributed by atoms with Crippen LogP contribution in [0.3, 0.4) is 0 Å². The van der Waals surface area contributed by atoms with Gasteiger partial charge in [0.15, 0.2) is 5.78 Å². The molecular weight excluding hydrogens is 378 g/mol. The Morgan fingerprint density at radius 1 is 1.27 bits per heavy atom. The largest absolute Gasteiger partial charge is 0.329 e. The fraction of sp³-hybridized carbons (Fsp3) is 0.211. The van der Waals surface area contributed by atoms with Crippen molar-refractivity contribution in [2.24, 2.45) is 0 Å². The first-order valence-electron chi connectivity index (χ1n) is 7.74. The van der Waals surface area contributed by atoms with Crippen LogP contribution in [-0.2, 0) is 16.1 Å². The molecule has 2 aromatic rings. The summed E-state index contributed by atoms with van der Waals surface area (Å²) in [5.74, 6) is 3.35. The molecule has 4 nitrogen and oxygen atoms in total. The third-order valence-corrected chi connectivity index (χ3v) is 4.63. The molecule has 0 saturated carbocycles. The summed E-state index contributed by atoms with van der Waals surface area (Å²) in [6.45, 7) is 1.71. The lowest BCUT2D eigenvalue weighted by Crippen LogP contribution is -2.27. The van der Waals surface area contributed by atoms with E-state index in [-0.39, 0.29) is 28.9 Å². The Balaban J connectivity index is 1.89. The molecule has 1 atom stereocenters. The summed E-state index contributed by atoms with van der Waals surface area (Å²) in [6.07, 6.45) is 1.07. The molecule has 2 heterocycles. The number of carbonyl (C=O) groups is 2. The molecule has 26 heavy (non-hydrogen) atoms. The van der Waals surface area contributed by atoms with Crippen molar-refractivity contribution >= 4 is 34.9 Å². The number of rotatable bonds is 3.